The van der Waals surface area contributed by atoms with Crippen molar-refractivity contribution in [3.8, 4) is 5.75 Å². The van der Waals surface area contributed by atoms with Gasteiger partial charge in [0, 0.05) is 13.1 Å². The molecule has 2 atom stereocenters. The van der Waals surface area contributed by atoms with E-state index in [-0.39, 0.29) is 18.0 Å². The molecule has 1 saturated heterocycles. The Morgan fingerprint density at radius 3 is 2.73 bits per heavy atom. The summed E-state index contributed by atoms with van der Waals surface area (Å²) in [5, 5.41) is 3.33. The van der Waals surface area contributed by atoms with Gasteiger partial charge in [-0.2, -0.15) is 0 Å². The van der Waals surface area contributed by atoms with E-state index in [9.17, 15) is 4.39 Å². The van der Waals surface area contributed by atoms with E-state index in [0.717, 1.165) is 24.2 Å². The molecule has 4 heteroatoms. The highest BCUT2D eigenvalue weighted by molar-refractivity contribution is 5.34. The summed E-state index contributed by atoms with van der Waals surface area (Å²) in [7, 11) is 0. The van der Waals surface area contributed by atoms with Gasteiger partial charge < -0.3 is 14.8 Å². The summed E-state index contributed by atoms with van der Waals surface area (Å²) in [6, 6.07) is 14.6. The molecule has 3 rings (SSSR count). The molecule has 1 fully saturated rings. The van der Waals surface area contributed by atoms with Gasteiger partial charge >= 0.3 is 0 Å². The van der Waals surface area contributed by atoms with E-state index in [0.29, 0.717) is 12.4 Å². The molecule has 0 unspecified atom stereocenters. The van der Waals surface area contributed by atoms with Gasteiger partial charge in [-0.05, 0) is 36.2 Å². The lowest BCUT2D eigenvalue weighted by atomic mass is 10.0. The molecule has 22 heavy (non-hydrogen) atoms. The fourth-order valence-electron chi connectivity index (χ4n) is 2.66. The summed E-state index contributed by atoms with van der Waals surface area (Å²) < 4.78 is 25.3. The first kappa shape index (κ1) is 15.0. The third-order valence-electron chi connectivity index (χ3n) is 3.81. The van der Waals surface area contributed by atoms with Gasteiger partial charge in [-0.25, -0.2) is 4.39 Å². The molecular formula is C18H20FNO2. The highest BCUT2D eigenvalue weighted by atomic mass is 19.1. The van der Waals surface area contributed by atoms with E-state index < -0.39 is 0 Å². The Morgan fingerprint density at radius 1 is 1.23 bits per heavy atom. The molecule has 1 heterocycles. The molecule has 0 aromatic heterocycles. The molecule has 0 spiro atoms. The monoisotopic (exact) mass is 301 g/mol. The minimum Gasteiger partial charge on any atom is -0.483 e. The third kappa shape index (κ3) is 3.46. The van der Waals surface area contributed by atoms with Crippen LogP contribution in [-0.4, -0.2) is 25.8 Å². The van der Waals surface area contributed by atoms with Crippen LogP contribution in [-0.2, 0) is 4.74 Å². The van der Waals surface area contributed by atoms with Gasteiger partial charge in [0.2, 0.25) is 0 Å². The molecular weight excluding hydrogens is 281 g/mol. The summed E-state index contributed by atoms with van der Waals surface area (Å²) >= 11 is 0. The van der Waals surface area contributed by atoms with Crippen LogP contribution in [0.3, 0.4) is 0 Å². The summed E-state index contributed by atoms with van der Waals surface area (Å²) in [5.41, 5.74) is 1.84. The minimum absolute atomic E-state index is 0.0689. The zero-order chi connectivity index (χ0) is 15.4. The fraction of sp³-hybridized carbons (Fsp3) is 0.333. The molecule has 2 aromatic rings. The van der Waals surface area contributed by atoms with E-state index in [1.807, 2.05) is 37.3 Å². The minimum atomic E-state index is -0.253. The van der Waals surface area contributed by atoms with Crippen molar-refractivity contribution in [2.75, 3.05) is 19.7 Å². The summed E-state index contributed by atoms with van der Waals surface area (Å²) in [4.78, 5) is 0. The average molecular weight is 301 g/mol. The van der Waals surface area contributed by atoms with Crippen molar-refractivity contribution >= 4 is 0 Å². The highest BCUT2D eigenvalue weighted by Crippen LogP contribution is 2.29. The van der Waals surface area contributed by atoms with E-state index in [1.165, 1.54) is 12.1 Å². The third-order valence-corrected chi connectivity index (χ3v) is 3.81. The number of nitrogens with one attached hydrogen (secondary N) is 1. The standard InChI is InChI=1S/C18H20FNO2/c1-13-11-15(19)7-8-16(13)22-18(14-5-3-2-4-6-14)17-12-20-9-10-21-17/h2-8,11,17-18,20H,9-10,12H2,1H3/t17-,18-/m1/s1. The highest BCUT2D eigenvalue weighted by Gasteiger charge is 2.28. The second-order valence-corrected chi connectivity index (χ2v) is 5.47. The molecule has 1 aliphatic heterocycles. The van der Waals surface area contributed by atoms with Crippen molar-refractivity contribution in [3.05, 3.63) is 65.5 Å². The number of rotatable bonds is 4. The molecule has 0 aliphatic carbocycles. The predicted molar refractivity (Wildman–Crippen MR) is 83.6 cm³/mol. The van der Waals surface area contributed by atoms with Crippen LogP contribution in [0.1, 0.15) is 17.2 Å². The van der Waals surface area contributed by atoms with E-state index in [2.05, 4.69) is 5.32 Å². The number of hydrogen-bond donors (Lipinski definition) is 1. The molecule has 2 aromatic carbocycles. The van der Waals surface area contributed by atoms with Gasteiger partial charge in [0.25, 0.3) is 0 Å². The summed E-state index contributed by atoms with van der Waals surface area (Å²) in [6.45, 7) is 4.10. The zero-order valence-electron chi connectivity index (χ0n) is 12.6. The van der Waals surface area contributed by atoms with Crippen molar-refractivity contribution in [2.45, 2.75) is 19.1 Å². The normalized spacial score (nSPS) is 19.6. The van der Waals surface area contributed by atoms with Crippen molar-refractivity contribution < 1.29 is 13.9 Å². The van der Waals surface area contributed by atoms with Crippen LogP contribution in [0.15, 0.2) is 48.5 Å². The van der Waals surface area contributed by atoms with Crippen LogP contribution in [0.4, 0.5) is 4.39 Å². The maximum Gasteiger partial charge on any atom is 0.151 e. The van der Waals surface area contributed by atoms with E-state index in [1.54, 1.807) is 6.07 Å². The van der Waals surface area contributed by atoms with Crippen LogP contribution >= 0.6 is 0 Å². The zero-order valence-corrected chi connectivity index (χ0v) is 12.6. The lowest BCUT2D eigenvalue weighted by Crippen LogP contribution is -2.43. The van der Waals surface area contributed by atoms with Crippen LogP contribution < -0.4 is 10.1 Å². The first-order valence-electron chi connectivity index (χ1n) is 7.54. The van der Waals surface area contributed by atoms with E-state index in [4.69, 9.17) is 9.47 Å². The van der Waals surface area contributed by atoms with Crippen LogP contribution in [0.5, 0.6) is 5.75 Å². The number of halogens is 1. The summed E-state index contributed by atoms with van der Waals surface area (Å²) in [6.07, 6.45) is -0.293. The van der Waals surface area contributed by atoms with Gasteiger partial charge in [0.15, 0.2) is 6.10 Å². The molecule has 0 bridgehead atoms. The number of hydrogen-bond acceptors (Lipinski definition) is 3. The van der Waals surface area contributed by atoms with Gasteiger partial charge in [-0.15, -0.1) is 0 Å². The maximum absolute atomic E-state index is 13.3. The van der Waals surface area contributed by atoms with Crippen molar-refractivity contribution in [1.82, 2.24) is 5.32 Å². The Kier molecular flexibility index (Phi) is 4.71. The molecule has 1 N–H and O–H groups in total. The average Bonchev–Trinajstić information content (AvgIpc) is 2.56. The van der Waals surface area contributed by atoms with Crippen LogP contribution in [0, 0.1) is 12.7 Å². The summed E-state index contributed by atoms with van der Waals surface area (Å²) in [5.74, 6) is 0.432. The molecule has 116 valence electrons. The lowest BCUT2D eigenvalue weighted by molar-refractivity contribution is -0.0434. The smallest absolute Gasteiger partial charge is 0.151 e. The Morgan fingerprint density at radius 2 is 2.05 bits per heavy atom. The van der Waals surface area contributed by atoms with Crippen LogP contribution in [0.2, 0.25) is 0 Å². The number of aryl methyl sites for hydroxylation is 1. The molecule has 0 radical (unpaired) electrons. The topological polar surface area (TPSA) is 30.5 Å². The molecule has 0 saturated carbocycles. The second kappa shape index (κ2) is 6.90. The van der Waals surface area contributed by atoms with Crippen LogP contribution in [0.25, 0.3) is 0 Å². The first-order chi connectivity index (χ1) is 10.7. The second-order valence-electron chi connectivity index (χ2n) is 5.47. The van der Waals surface area contributed by atoms with Gasteiger partial charge in [-0.1, -0.05) is 30.3 Å². The van der Waals surface area contributed by atoms with Gasteiger partial charge in [0.05, 0.1) is 6.61 Å². The molecule has 0 amide bonds. The lowest BCUT2D eigenvalue weighted by Gasteiger charge is -2.32. The largest absolute Gasteiger partial charge is 0.483 e. The van der Waals surface area contributed by atoms with Crippen molar-refractivity contribution in [1.29, 1.82) is 0 Å². The fourth-order valence-corrected chi connectivity index (χ4v) is 2.66. The Hall–Kier alpha value is -1.91. The predicted octanol–water partition coefficient (Wildman–Crippen LogP) is 3.24. The number of ether oxygens (including phenoxy) is 2. The Labute approximate surface area is 130 Å². The Balaban J connectivity index is 1.87. The maximum atomic E-state index is 13.3. The molecule has 1 aliphatic rings. The number of morpholine rings is 1. The van der Waals surface area contributed by atoms with Crippen molar-refractivity contribution in [2.24, 2.45) is 0 Å². The first-order valence-corrected chi connectivity index (χ1v) is 7.54. The van der Waals surface area contributed by atoms with Gasteiger partial charge in [-0.3, -0.25) is 0 Å². The SMILES string of the molecule is Cc1cc(F)ccc1O[C@H](c1ccccc1)[C@H]1CNCCO1. The van der Waals surface area contributed by atoms with Gasteiger partial charge in [0.1, 0.15) is 17.7 Å². The van der Waals surface area contributed by atoms with E-state index >= 15 is 0 Å². The Bertz CT molecular complexity index is 612. The molecule has 3 nitrogen and oxygen atoms in total. The number of benzene rings is 2. The van der Waals surface area contributed by atoms with Crippen molar-refractivity contribution in [3.63, 3.8) is 0 Å². The quantitative estimate of drug-likeness (QED) is 0.940.